The van der Waals surface area contributed by atoms with E-state index in [4.69, 9.17) is 5.73 Å². The first kappa shape index (κ1) is 17.5. The molecule has 0 aliphatic heterocycles. The average Bonchev–Trinajstić information content (AvgIpc) is 2.47. The highest BCUT2D eigenvalue weighted by molar-refractivity contribution is 5.89. The highest BCUT2D eigenvalue weighted by Gasteiger charge is 2.21. The molecule has 0 aliphatic rings. The number of benzene rings is 1. The van der Waals surface area contributed by atoms with Gasteiger partial charge in [-0.25, -0.2) is 4.79 Å². The van der Waals surface area contributed by atoms with Gasteiger partial charge >= 0.3 is 6.03 Å². The Morgan fingerprint density at radius 1 is 1.19 bits per heavy atom. The molecular weight excluding hydrogens is 262 g/mol. The van der Waals surface area contributed by atoms with Crippen LogP contribution in [0.2, 0.25) is 0 Å². The summed E-state index contributed by atoms with van der Waals surface area (Å²) >= 11 is 0. The first-order chi connectivity index (χ1) is 10.0. The molecule has 0 atom stereocenters. The number of nitrogens with one attached hydrogen (secondary N) is 1. The number of rotatable bonds is 7. The van der Waals surface area contributed by atoms with E-state index >= 15 is 0 Å². The number of hydrogen-bond donors (Lipinski definition) is 2. The van der Waals surface area contributed by atoms with Crippen molar-refractivity contribution in [2.45, 2.75) is 53.1 Å². The summed E-state index contributed by atoms with van der Waals surface area (Å²) < 4.78 is 0. The molecule has 0 spiro atoms. The van der Waals surface area contributed by atoms with Crippen molar-refractivity contribution in [1.82, 2.24) is 4.90 Å². The number of hydrogen-bond acceptors (Lipinski definition) is 2. The summed E-state index contributed by atoms with van der Waals surface area (Å²) in [6.07, 6.45) is 1.95. The summed E-state index contributed by atoms with van der Waals surface area (Å²) in [6.45, 7) is 9.83. The van der Waals surface area contributed by atoms with Crippen LogP contribution in [0, 0.1) is 5.92 Å². The largest absolute Gasteiger partial charge is 0.326 e. The van der Waals surface area contributed by atoms with Crippen molar-refractivity contribution in [2.24, 2.45) is 11.7 Å². The molecule has 0 aliphatic carbocycles. The number of nitrogens with two attached hydrogens (primary N) is 1. The van der Waals surface area contributed by atoms with E-state index in [9.17, 15) is 4.79 Å². The first-order valence-electron chi connectivity index (χ1n) is 7.88. The predicted octanol–water partition coefficient (Wildman–Crippen LogP) is 3.82. The molecule has 1 aromatic rings. The molecule has 0 saturated carbocycles. The van der Waals surface area contributed by atoms with E-state index in [-0.39, 0.29) is 12.1 Å². The second-order valence-corrected chi connectivity index (χ2v) is 5.85. The van der Waals surface area contributed by atoms with Crippen LogP contribution in [-0.4, -0.2) is 23.5 Å². The van der Waals surface area contributed by atoms with Crippen molar-refractivity contribution in [1.29, 1.82) is 0 Å². The quantitative estimate of drug-likeness (QED) is 0.802. The number of amides is 2. The zero-order chi connectivity index (χ0) is 15.8. The lowest BCUT2D eigenvalue weighted by molar-refractivity contribution is 0.173. The van der Waals surface area contributed by atoms with Crippen LogP contribution in [-0.2, 0) is 6.54 Å². The molecule has 0 saturated heterocycles. The molecule has 0 bridgehead atoms. The molecule has 1 aromatic carbocycles. The molecule has 0 aromatic heterocycles. The van der Waals surface area contributed by atoms with Crippen LogP contribution in [0.5, 0.6) is 0 Å². The number of carbonyl (C=O) groups is 1. The summed E-state index contributed by atoms with van der Waals surface area (Å²) in [5.41, 5.74) is 7.46. The van der Waals surface area contributed by atoms with E-state index in [0.29, 0.717) is 12.5 Å². The Labute approximate surface area is 128 Å². The Bertz CT molecular complexity index is 424. The maximum Gasteiger partial charge on any atom is 0.322 e. The Kier molecular flexibility index (Phi) is 7.23. The van der Waals surface area contributed by atoms with Crippen LogP contribution in [0.1, 0.15) is 46.1 Å². The van der Waals surface area contributed by atoms with E-state index in [1.165, 1.54) is 0 Å². The van der Waals surface area contributed by atoms with Gasteiger partial charge in [-0.2, -0.15) is 0 Å². The lowest BCUT2D eigenvalue weighted by Gasteiger charge is -2.32. The minimum atomic E-state index is -0.0158. The van der Waals surface area contributed by atoms with Gasteiger partial charge in [-0.3, -0.25) is 0 Å². The molecule has 3 N–H and O–H groups in total. The van der Waals surface area contributed by atoms with Gasteiger partial charge in [0.2, 0.25) is 0 Å². The van der Waals surface area contributed by atoms with Crippen molar-refractivity contribution in [2.75, 3.05) is 11.9 Å². The fourth-order valence-electron chi connectivity index (χ4n) is 2.44. The molecule has 4 heteroatoms. The third-order valence-electron chi connectivity index (χ3n) is 3.65. The summed E-state index contributed by atoms with van der Waals surface area (Å²) in [7, 11) is 0. The Hall–Kier alpha value is -1.55. The third-order valence-corrected chi connectivity index (χ3v) is 3.65. The van der Waals surface area contributed by atoms with E-state index in [2.05, 4.69) is 33.0 Å². The fourth-order valence-corrected chi connectivity index (χ4v) is 2.44. The maximum absolute atomic E-state index is 12.6. The number of nitrogens with zero attached hydrogens (tertiary/aromatic N) is 1. The van der Waals surface area contributed by atoms with E-state index in [0.717, 1.165) is 30.6 Å². The number of urea groups is 1. The van der Waals surface area contributed by atoms with Crippen LogP contribution in [0.25, 0.3) is 0 Å². The van der Waals surface area contributed by atoms with Crippen LogP contribution in [0.15, 0.2) is 24.3 Å². The van der Waals surface area contributed by atoms with Crippen LogP contribution >= 0.6 is 0 Å². The van der Waals surface area contributed by atoms with Gasteiger partial charge in [0.05, 0.1) is 0 Å². The van der Waals surface area contributed by atoms with Gasteiger partial charge in [-0.05, 0) is 36.5 Å². The smallest absolute Gasteiger partial charge is 0.322 e. The lowest BCUT2D eigenvalue weighted by atomic mass is 10.1. The number of anilines is 1. The zero-order valence-electron chi connectivity index (χ0n) is 13.7. The van der Waals surface area contributed by atoms with Gasteiger partial charge in [0.15, 0.2) is 0 Å². The van der Waals surface area contributed by atoms with Crippen LogP contribution in [0.4, 0.5) is 10.5 Å². The van der Waals surface area contributed by atoms with Gasteiger partial charge < -0.3 is 16.0 Å². The standard InChI is InChI=1S/C17H29N3O/c1-5-16(6-2)20(12-13(3)4)17(21)19-15-9-7-14(11-18)8-10-15/h7-10,13,16H,5-6,11-12,18H2,1-4H3,(H,19,21). The zero-order valence-corrected chi connectivity index (χ0v) is 13.7. The first-order valence-corrected chi connectivity index (χ1v) is 7.88. The monoisotopic (exact) mass is 291 g/mol. The van der Waals surface area contributed by atoms with Crippen LogP contribution < -0.4 is 11.1 Å². The molecule has 2 amide bonds. The highest BCUT2D eigenvalue weighted by Crippen LogP contribution is 2.15. The topological polar surface area (TPSA) is 58.4 Å². The minimum Gasteiger partial charge on any atom is -0.326 e. The molecule has 0 heterocycles. The van der Waals surface area contributed by atoms with Gasteiger partial charge in [0.1, 0.15) is 0 Å². The van der Waals surface area contributed by atoms with E-state index < -0.39 is 0 Å². The lowest BCUT2D eigenvalue weighted by Crippen LogP contribution is -2.44. The van der Waals surface area contributed by atoms with Crippen molar-refractivity contribution >= 4 is 11.7 Å². The predicted molar refractivity (Wildman–Crippen MR) is 89.3 cm³/mol. The minimum absolute atomic E-state index is 0.0158. The second kappa shape index (κ2) is 8.67. The molecule has 1 rings (SSSR count). The Morgan fingerprint density at radius 2 is 1.76 bits per heavy atom. The van der Waals surface area contributed by atoms with Gasteiger partial charge in [0.25, 0.3) is 0 Å². The van der Waals surface area contributed by atoms with E-state index in [1.807, 2.05) is 29.2 Å². The SMILES string of the molecule is CCC(CC)N(CC(C)C)C(=O)Nc1ccc(CN)cc1. The van der Waals surface area contributed by atoms with Crippen molar-refractivity contribution in [3.8, 4) is 0 Å². The molecule has 4 nitrogen and oxygen atoms in total. The molecule has 0 fully saturated rings. The molecule has 0 radical (unpaired) electrons. The van der Waals surface area contributed by atoms with Gasteiger partial charge in [-0.15, -0.1) is 0 Å². The average molecular weight is 291 g/mol. The number of carbonyl (C=O) groups excluding carboxylic acids is 1. The van der Waals surface area contributed by atoms with Crippen molar-refractivity contribution in [3.05, 3.63) is 29.8 Å². The fraction of sp³-hybridized carbons (Fsp3) is 0.588. The molecule has 0 unspecified atom stereocenters. The van der Waals surface area contributed by atoms with Crippen LogP contribution in [0.3, 0.4) is 0 Å². The van der Waals surface area contributed by atoms with E-state index in [1.54, 1.807) is 0 Å². The normalized spacial score (nSPS) is 11.0. The van der Waals surface area contributed by atoms with Crippen molar-refractivity contribution in [3.63, 3.8) is 0 Å². The Balaban J connectivity index is 2.78. The Morgan fingerprint density at radius 3 is 2.19 bits per heavy atom. The molecule has 118 valence electrons. The highest BCUT2D eigenvalue weighted by atomic mass is 16.2. The second-order valence-electron chi connectivity index (χ2n) is 5.85. The summed E-state index contributed by atoms with van der Waals surface area (Å²) in [5.74, 6) is 0.455. The molecule has 21 heavy (non-hydrogen) atoms. The van der Waals surface area contributed by atoms with Crippen molar-refractivity contribution < 1.29 is 4.79 Å². The summed E-state index contributed by atoms with van der Waals surface area (Å²) in [5, 5.41) is 2.99. The maximum atomic E-state index is 12.6. The third kappa shape index (κ3) is 5.38. The molecular formula is C17H29N3O. The summed E-state index contributed by atoms with van der Waals surface area (Å²) in [6, 6.07) is 7.97. The van der Waals surface area contributed by atoms with Gasteiger partial charge in [-0.1, -0.05) is 39.8 Å². The summed E-state index contributed by atoms with van der Waals surface area (Å²) in [4.78, 5) is 14.5. The van der Waals surface area contributed by atoms with Gasteiger partial charge in [0, 0.05) is 24.8 Å².